The summed E-state index contributed by atoms with van der Waals surface area (Å²) in [6.45, 7) is 3.69. The highest BCUT2D eigenvalue weighted by atomic mass is 35.5. The number of rotatable bonds is 3. The third-order valence-corrected chi connectivity index (χ3v) is 3.22. The molecule has 0 fully saturated rings. The summed E-state index contributed by atoms with van der Waals surface area (Å²) in [6, 6.07) is 6.07. The predicted octanol–water partition coefficient (Wildman–Crippen LogP) is 2.53. The zero-order valence-corrected chi connectivity index (χ0v) is 12.0. The lowest BCUT2D eigenvalue weighted by atomic mass is 9.96. The summed E-state index contributed by atoms with van der Waals surface area (Å²) >= 11 is 5.85. The maximum Gasteiger partial charge on any atom is 0.338 e. The Morgan fingerprint density at radius 3 is 2.60 bits per heavy atom. The number of hydrogen-bond acceptors (Lipinski definition) is 3. The fraction of sp³-hybridized carbons (Fsp3) is 0.286. The van der Waals surface area contributed by atoms with Gasteiger partial charge >= 0.3 is 12.0 Å². The second kappa shape index (κ2) is 5.96. The Kier molecular flexibility index (Phi) is 4.29. The minimum Gasteiger partial charge on any atom is -0.463 e. The van der Waals surface area contributed by atoms with Crippen molar-refractivity contribution >= 4 is 23.6 Å². The molecule has 0 unspecified atom stereocenters. The van der Waals surface area contributed by atoms with E-state index < -0.39 is 12.0 Å². The summed E-state index contributed by atoms with van der Waals surface area (Å²) in [7, 11) is 0. The highest BCUT2D eigenvalue weighted by Gasteiger charge is 2.31. The highest BCUT2D eigenvalue weighted by molar-refractivity contribution is 6.30. The van der Waals surface area contributed by atoms with E-state index in [4.69, 9.17) is 16.3 Å². The van der Waals surface area contributed by atoms with Crippen LogP contribution in [0.5, 0.6) is 0 Å². The normalized spacial score (nSPS) is 18.4. The first-order chi connectivity index (χ1) is 9.52. The van der Waals surface area contributed by atoms with Crippen molar-refractivity contribution in [2.45, 2.75) is 19.9 Å². The first-order valence-electron chi connectivity index (χ1n) is 6.23. The van der Waals surface area contributed by atoms with Gasteiger partial charge in [0.2, 0.25) is 0 Å². The number of esters is 1. The predicted molar refractivity (Wildman–Crippen MR) is 75.2 cm³/mol. The van der Waals surface area contributed by atoms with E-state index in [1.807, 2.05) is 0 Å². The first-order valence-corrected chi connectivity index (χ1v) is 6.61. The smallest absolute Gasteiger partial charge is 0.338 e. The van der Waals surface area contributed by atoms with Gasteiger partial charge in [-0.05, 0) is 31.5 Å². The van der Waals surface area contributed by atoms with E-state index in [2.05, 4.69) is 10.6 Å². The van der Waals surface area contributed by atoms with Gasteiger partial charge in [0.1, 0.15) is 0 Å². The Morgan fingerprint density at radius 2 is 2.00 bits per heavy atom. The number of amides is 2. The number of ether oxygens (including phenoxy) is 1. The topological polar surface area (TPSA) is 67.4 Å². The summed E-state index contributed by atoms with van der Waals surface area (Å²) in [5.74, 6) is -0.447. The van der Waals surface area contributed by atoms with E-state index in [9.17, 15) is 9.59 Å². The molecule has 1 atom stereocenters. The SMILES string of the molecule is CCOC(=O)C1=C(C)NC(=O)N[C@H]1c1ccc(Cl)cc1. The van der Waals surface area contributed by atoms with E-state index in [0.29, 0.717) is 16.3 Å². The molecule has 0 saturated heterocycles. The van der Waals surface area contributed by atoms with Crippen molar-refractivity contribution in [2.24, 2.45) is 0 Å². The van der Waals surface area contributed by atoms with Gasteiger partial charge in [0.05, 0.1) is 18.2 Å². The molecule has 20 heavy (non-hydrogen) atoms. The van der Waals surface area contributed by atoms with Gasteiger partial charge in [-0.3, -0.25) is 0 Å². The van der Waals surface area contributed by atoms with Gasteiger partial charge in [-0.2, -0.15) is 0 Å². The molecule has 1 aliphatic rings. The largest absolute Gasteiger partial charge is 0.463 e. The van der Waals surface area contributed by atoms with Crippen molar-refractivity contribution < 1.29 is 14.3 Å². The molecule has 0 spiro atoms. The zero-order chi connectivity index (χ0) is 14.7. The Morgan fingerprint density at radius 1 is 1.35 bits per heavy atom. The van der Waals surface area contributed by atoms with Crippen molar-refractivity contribution in [3.63, 3.8) is 0 Å². The zero-order valence-electron chi connectivity index (χ0n) is 11.2. The average molecular weight is 295 g/mol. The molecule has 0 saturated carbocycles. The van der Waals surface area contributed by atoms with Crippen molar-refractivity contribution in [1.82, 2.24) is 10.6 Å². The number of halogens is 1. The third-order valence-electron chi connectivity index (χ3n) is 2.97. The van der Waals surface area contributed by atoms with Crippen molar-refractivity contribution in [2.75, 3.05) is 6.61 Å². The molecule has 1 aromatic carbocycles. The standard InChI is InChI=1S/C14H15ClN2O3/c1-3-20-13(18)11-8(2)16-14(19)17-12(11)9-4-6-10(15)7-5-9/h4-7,12H,3H2,1-2H3,(H2,16,17,19)/t12-/m0/s1. The first kappa shape index (κ1) is 14.4. The van der Waals surface area contributed by atoms with Gasteiger partial charge in [-0.1, -0.05) is 23.7 Å². The third kappa shape index (κ3) is 2.93. The van der Waals surface area contributed by atoms with E-state index in [1.165, 1.54) is 0 Å². The molecule has 1 aliphatic heterocycles. The number of urea groups is 1. The molecule has 2 N–H and O–H groups in total. The van der Waals surface area contributed by atoms with Crippen LogP contribution in [0.1, 0.15) is 25.5 Å². The number of nitrogens with one attached hydrogen (secondary N) is 2. The van der Waals surface area contributed by atoms with E-state index in [-0.39, 0.29) is 12.6 Å². The second-order valence-corrected chi connectivity index (χ2v) is 4.78. The van der Waals surface area contributed by atoms with Gasteiger partial charge < -0.3 is 15.4 Å². The van der Waals surface area contributed by atoms with Crippen LogP contribution in [-0.4, -0.2) is 18.6 Å². The molecule has 1 heterocycles. The van der Waals surface area contributed by atoms with Crippen LogP contribution in [0.3, 0.4) is 0 Å². The Balaban J connectivity index is 2.41. The maximum atomic E-state index is 12.1. The van der Waals surface area contributed by atoms with Crippen LogP contribution in [0, 0.1) is 0 Å². The molecule has 1 aromatic rings. The van der Waals surface area contributed by atoms with Crippen LogP contribution in [0.4, 0.5) is 4.79 Å². The monoisotopic (exact) mass is 294 g/mol. The molecular weight excluding hydrogens is 280 g/mol. The number of carbonyl (C=O) groups is 2. The maximum absolute atomic E-state index is 12.1. The van der Waals surface area contributed by atoms with Crippen LogP contribution in [0.2, 0.25) is 5.02 Å². The van der Waals surface area contributed by atoms with Crippen LogP contribution in [-0.2, 0) is 9.53 Å². The molecule has 2 amide bonds. The molecule has 0 aliphatic carbocycles. The number of carbonyl (C=O) groups excluding carboxylic acids is 2. The minimum absolute atomic E-state index is 0.275. The number of benzene rings is 1. The minimum atomic E-state index is -0.542. The summed E-state index contributed by atoms with van der Waals surface area (Å²) in [6.07, 6.45) is 0. The Labute approximate surface area is 121 Å². The average Bonchev–Trinajstić information content (AvgIpc) is 2.38. The molecule has 106 valence electrons. The second-order valence-electron chi connectivity index (χ2n) is 4.34. The van der Waals surface area contributed by atoms with Crippen LogP contribution in [0.15, 0.2) is 35.5 Å². The molecule has 5 nitrogen and oxygen atoms in total. The van der Waals surface area contributed by atoms with Crippen molar-refractivity contribution in [3.8, 4) is 0 Å². The van der Waals surface area contributed by atoms with Gasteiger partial charge in [-0.15, -0.1) is 0 Å². The van der Waals surface area contributed by atoms with Gasteiger partial charge in [0.25, 0.3) is 0 Å². The molecule has 0 bridgehead atoms. The summed E-state index contributed by atoms with van der Waals surface area (Å²) in [4.78, 5) is 23.7. The van der Waals surface area contributed by atoms with Crippen molar-refractivity contribution in [3.05, 3.63) is 46.1 Å². The summed E-state index contributed by atoms with van der Waals surface area (Å²) in [5.41, 5.74) is 1.66. The lowest BCUT2D eigenvalue weighted by molar-refractivity contribution is -0.139. The van der Waals surface area contributed by atoms with Gasteiger partial charge in [0, 0.05) is 10.7 Å². The Bertz CT molecular complexity index is 566. The van der Waals surface area contributed by atoms with Gasteiger partial charge in [-0.25, -0.2) is 9.59 Å². The van der Waals surface area contributed by atoms with Crippen LogP contribution < -0.4 is 10.6 Å². The quantitative estimate of drug-likeness (QED) is 0.842. The van der Waals surface area contributed by atoms with Gasteiger partial charge in [0.15, 0.2) is 0 Å². The van der Waals surface area contributed by atoms with E-state index in [1.54, 1.807) is 38.1 Å². The van der Waals surface area contributed by atoms with Crippen molar-refractivity contribution in [1.29, 1.82) is 0 Å². The van der Waals surface area contributed by atoms with Crippen LogP contribution >= 0.6 is 11.6 Å². The fourth-order valence-corrected chi connectivity index (χ4v) is 2.20. The molecule has 6 heteroatoms. The Hall–Kier alpha value is -2.01. The molecule has 0 aromatic heterocycles. The number of hydrogen-bond donors (Lipinski definition) is 2. The summed E-state index contributed by atoms with van der Waals surface area (Å²) < 4.78 is 5.05. The fourth-order valence-electron chi connectivity index (χ4n) is 2.08. The van der Waals surface area contributed by atoms with Crippen LogP contribution in [0.25, 0.3) is 0 Å². The van der Waals surface area contributed by atoms with E-state index in [0.717, 1.165) is 5.56 Å². The highest BCUT2D eigenvalue weighted by Crippen LogP contribution is 2.28. The van der Waals surface area contributed by atoms with E-state index >= 15 is 0 Å². The molecule has 0 radical (unpaired) electrons. The molecular formula is C14H15ClN2O3. The summed E-state index contributed by atoms with van der Waals surface area (Å²) in [5, 5.41) is 5.89. The molecule has 2 rings (SSSR count). The lowest BCUT2D eigenvalue weighted by Crippen LogP contribution is -2.45. The number of allylic oxidation sites excluding steroid dienone is 1. The lowest BCUT2D eigenvalue weighted by Gasteiger charge is -2.28.